The van der Waals surface area contributed by atoms with E-state index in [9.17, 15) is 4.39 Å². The van der Waals surface area contributed by atoms with E-state index in [-0.39, 0.29) is 11.9 Å². The average molecular weight is 229 g/mol. The molecule has 1 aromatic rings. The molecule has 2 N–H and O–H groups in total. The van der Waals surface area contributed by atoms with Gasteiger partial charge < -0.3 is 10.6 Å². The molecule has 1 aliphatic rings. The Hall–Kier alpha value is -0.640. The van der Waals surface area contributed by atoms with Crippen molar-refractivity contribution in [1.29, 1.82) is 0 Å². The molecule has 1 heterocycles. The van der Waals surface area contributed by atoms with Gasteiger partial charge in [0.25, 0.3) is 0 Å². The largest absolute Gasteiger partial charge is 0.314 e. The standard InChI is InChI=1S/C11H14ClFN2/c1-7-2-3-8(13)10(11(7)12)9-6-14-4-5-15-9/h2-3,9,14-15H,4-6H2,1H3/t9-/m1/s1. The highest BCUT2D eigenvalue weighted by Gasteiger charge is 2.21. The van der Waals surface area contributed by atoms with E-state index in [0.29, 0.717) is 10.6 Å². The summed E-state index contributed by atoms with van der Waals surface area (Å²) in [7, 11) is 0. The topological polar surface area (TPSA) is 24.1 Å². The van der Waals surface area contributed by atoms with Crippen LogP contribution in [0.3, 0.4) is 0 Å². The fourth-order valence-corrected chi connectivity index (χ4v) is 2.14. The van der Waals surface area contributed by atoms with Gasteiger partial charge in [0, 0.05) is 31.2 Å². The number of hydrogen-bond donors (Lipinski definition) is 2. The maximum atomic E-state index is 13.7. The molecule has 0 spiro atoms. The van der Waals surface area contributed by atoms with Gasteiger partial charge in [-0.1, -0.05) is 17.7 Å². The number of halogens is 2. The van der Waals surface area contributed by atoms with Crippen LogP contribution in [0.15, 0.2) is 12.1 Å². The molecule has 0 aromatic heterocycles. The van der Waals surface area contributed by atoms with Crippen molar-refractivity contribution in [3.05, 3.63) is 34.1 Å². The molecular formula is C11H14ClFN2. The molecule has 0 amide bonds. The van der Waals surface area contributed by atoms with Crippen LogP contribution in [0.25, 0.3) is 0 Å². The molecule has 0 unspecified atom stereocenters. The van der Waals surface area contributed by atoms with Crippen LogP contribution in [0.1, 0.15) is 17.2 Å². The summed E-state index contributed by atoms with van der Waals surface area (Å²) in [5.74, 6) is -0.230. The third-order valence-electron chi connectivity index (χ3n) is 2.71. The zero-order chi connectivity index (χ0) is 10.8. The van der Waals surface area contributed by atoms with Gasteiger partial charge in [0.15, 0.2) is 0 Å². The number of hydrogen-bond acceptors (Lipinski definition) is 2. The first-order valence-corrected chi connectivity index (χ1v) is 5.46. The van der Waals surface area contributed by atoms with Crippen molar-refractivity contribution in [3.63, 3.8) is 0 Å². The second kappa shape index (κ2) is 4.47. The van der Waals surface area contributed by atoms with E-state index in [1.165, 1.54) is 6.07 Å². The lowest BCUT2D eigenvalue weighted by molar-refractivity contribution is 0.417. The highest BCUT2D eigenvalue weighted by Crippen LogP contribution is 2.29. The highest BCUT2D eigenvalue weighted by molar-refractivity contribution is 6.32. The van der Waals surface area contributed by atoms with Gasteiger partial charge in [0.1, 0.15) is 5.82 Å². The van der Waals surface area contributed by atoms with E-state index >= 15 is 0 Å². The predicted octanol–water partition coefficient (Wildman–Crippen LogP) is 2.02. The molecule has 2 nitrogen and oxygen atoms in total. The van der Waals surface area contributed by atoms with Crippen LogP contribution in [0.4, 0.5) is 4.39 Å². The smallest absolute Gasteiger partial charge is 0.129 e. The van der Waals surface area contributed by atoms with Gasteiger partial charge >= 0.3 is 0 Å². The molecule has 15 heavy (non-hydrogen) atoms. The number of piperazine rings is 1. The Balaban J connectivity index is 2.36. The first-order chi connectivity index (χ1) is 7.20. The molecule has 1 atom stereocenters. The molecule has 0 saturated carbocycles. The maximum absolute atomic E-state index is 13.7. The fourth-order valence-electron chi connectivity index (χ4n) is 1.86. The lowest BCUT2D eigenvalue weighted by Gasteiger charge is -2.26. The van der Waals surface area contributed by atoms with Crippen molar-refractivity contribution in [1.82, 2.24) is 10.6 Å². The molecule has 4 heteroatoms. The van der Waals surface area contributed by atoms with Crippen LogP contribution in [0.5, 0.6) is 0 Å². The van der Waals surface area contributed by atoms with Gasteiger partial charge in [-0.05, 0) is 18.6 Å². The van der Waals surface area contributed by atoms with E-state index in [0.717, 1.165) is 25.2 Å². The van der Waals surface area contributed by atoms with Crippen LogP contribution < -0.4 is 10.6 Å². The Morgan fingerprint density at radius 3 is 2.87 bits per heavy atom. The lowest BCUT2D eigenvalue weighted by Crippen LogP contribution is -2.43. The van der Waals surface area contributed by atoms with E-state index in [1.807, 2.05) is 6.92 Å². The zero-order valence-corrected chi connectivity index (χ0v) is 9.37. The number of benzene rings is 1. The van der Waals surface area contributed by atoms with E-state index in [2.05, 4.69) is 10.6 Å². The normalized spacial score (nSPS) is 21.7. The van der Waals surface area contributed by atoms with Gasteiger partial charge in [0.2, 0.25) is 0 Å². The maximum Gasteiger partial charge on any atom is 0.129 e. The first kappa shape index (κ1) is 10.9. The third-order valence-corrected chi connectivity index (χ3v) is 3.21. The summed E-state index contributed by atoms with van der Waals surface area (Å²) in [6, 6.07) is 3.16. The van der Waals surface area contributed by atoms with Crippen LogP contribution >= 0.6 is 11.6 Å². The number of aryl methyl sites for hydroxylation is 1. The molecule has 0 bridgehead atoms. The van der Waals surface area contributed by atoms with Crippen LogP contribution in [0.2, 0.25) is 5.02 Å². The predicted molar refractivity (Wildman–Crippen MR) is 59.8 cm³/mol. The van der Waals surface area contributed by atoms with E-state index in [4.69, 9.17) is 11.6 Å². The Morgan fingerprint density at radius 2 is 2.20 bits per heavy atom. The van der Waals surface area contributed by atoms with Crippen LogP contribution in [-0.4, -0.2) is 19.6 Å². The summed E-state index contributed by atoms with van der Waals surface area (Å²) in [4.78, 5) is 0. The van der Waals surface area contributed by atoms with Gasteiger partial charge in [-0.3, -0.25) is 0 Å². The molecular weight excluding hydrogens is 215 g/mol. The minimum atomic E-state index is -0.230. The minimum Gasteiger partial charge on any atom is -0.314 e. The lowest BCUT2D eigenvalue weighted by atomic mass is 10.0. The summed E-state index contributed by atoms with van der Waals surface area (Å²) in [6.07, 6.45) is 0. The van der Waals surface area contributed by atoms with Crippen molar-refractivity contribution < 1.29 is 4.39 Å². The average Bonchev–Trinajstić information content (AvgIpc) is 2.26. The Kier molecular flexibility index (Phi) is 3.24. The van der Waals surface area contributed by atoms with Crippen LogP contribution in [-0.2, 0) is 0 Å². The van der Waals surface area contributed by atoms with E-state index in [1.54, 1.807) is 6.07 Å². The van der Waals surface area contributed by atoms with Crippen molar-refractivity contribution in [2.45, 2.75) is 13.0 Å². The summed E-state index contributed by atoms with van der Waals surface area (Å²) in [5, 5.41) is 7.01. The fraction of sp³-hybridized carbons (Fsp3) is 0.455. The molecule has 82 valence electrons. The summed E-state index contributed by atoms with van der Waals surface area (Å²) in [5.41, 5.74) is 1.50. The molecule has 1 aromatic carbocycles. The van der Waals surface area contributed by atoms with Gasteiger partial charge in [-0.2, -0.15) is 0 Å². The molecule has 1 aliphatic heterocycles. The summed E-state index contributed by atoms with van der Waals surface area (Å²) >= 11 is 6.12. The monoisotopic (exact) mass is 228 g/mol. The first-order valence-electron chi connectivity index (χ1n) is 5.08. The van der Waals surface area contributed by atoms with Crippen molar-refractivity contribution in [2.24, 2.45) is 0 Å². The van der Waals surface area contributed by atoms with E-state index < -0.39 is 0 Å². The Bertz CT molecular complexity index is 362. The molecule has 0 radical (unpaired) electrons. The Morgan fingerprint density at radius 1 is 1.40 bits per heavy atom. The van der Waals surface area contributed by atoms with Crippen LogP contribution in [0, 0.1) is 12.7 Å². The molecule has 0 aliphatic carbocycles. The molecule has 1 fully saturated rings. The zero-order valence-electron chi connectivity index (χ0n) is 8.61. The number of rotatable bonds is 1. The molecule has 1 saturated heterocycles. The van der Waals surface area contributed by atoms with Crippen molar-refractivity contribution in [2.75, 3.05) is 19.6 Å². The quantitative estimate of drug-likeness (QED) is 0.769. The summed E-state index contributed by atoms with van der Waals surface area (Å²) < 4.78 is 13.7. The minimum absolute atomic E-state index is 0.0221. The second-order valence-corrected chi connectivity index (χ2v) is 4.18. The third kappa shape index (κ3) is 2.14. The SMILES string of the molecule is Cc1ccc(F)c([C@H]2CNCCN2)c1Cl. The van der Waals surface area contributed by atoms with Crippen molar-refractivity contribution in [3.8, 4) is 0 Å². The van der Waals surface area contributed by atoms with Gasteiger partial charge in [0.05, 0.1) is 5.02 Å². The Labute approximate surface area is 93.8 Å². The summed E-state index contributed by atoms with van der Waals surface area (Å²) in [6.45, 7) is 4.37. The second-order valence-electron chi connectivity index (χ2n) is 3.80. The number of nitrogens with one attached hydrogen (secondary N) is 2. The van der Waals surface area contributed by atoms with Gasteiger partial charge in [-0.25, -0.2) is 4.39 Å². The molecule has 2 rings (SSSR count). The highest BCUT2D eigenvalue weighted by atomic mass is 35.5. The van der Waals surface area contributed by atoms with Crippen molar-refractivity contribution >= 4 is 11.6 Å². The van der Waals surface area contributed by atoms with Gasteiger partial charge in [-0.15, -0.1) is 0 Å².